The fourth-order valence-corrected chi connectivity index (χ4v) is 3.21. The van der Waals surface area contributed by atoms with E-state index in [1.807, 2.05) is 25.2 Å². The van der Waals surface area contributed by atoms with Crippen LogP contribution >= 0.6 is 24.0 Å². The second kappa shape index (κ2) is 14.2. The van der Waals surface area contributed by atoms with Gasteiger partial charge in [-0.15, -0.1) is 24.0 Å². The van der Waals surface area contributed by atoms with Gasteiger partial charge in [-0.05, 0) is 50.4 Å². The van der Waals surface area contributed by atoms with Crippen LogP contribution < -0.4 is 10.6 Å². The van der Waals surface area contributed by atoms with Crippen molar-refractivity contribution in [2.24, 2.45) is 10.9 Å². The molecule has 1 heterocycles. The van der Waals surface area contributed by atoms with Gasteiger partial charge >= 0.3 is 0 Å². The molecule has 2 rings (SSSR count). The maximum atomic E-state index is 5.68. The van der Waals surface area contributed by atoms with Crippen LogP contribution in [0, 0.1) is 5.92 Å². The molecule has 0 atom stereocenters. The van der Waals surface area contributed by atoms with Crippen LogP contribution in [0.3, 0.4) is 0 Å². The average Bonchev–Trinajstić information content (AvgIpc) is 2.67. The Balaban J connectivity index is 0.00000338. The van der Waals surface area contributed by atoms with Crippen LogP contribution in [0.2, 0.25) is 0 Å². The van der Waals surface area contributed by atoms with Gasteiger partial charge in [0.2, 0.25) is 0 Å². The van der Waals surface area contributed by atoms with Crippen molar-refractivity contribution in [1.82, 2.24) is 15.5 Å². The van der Waals surface area contributed by atoms with E-state index in [2.05, 4.69) is 39.6 Å². The van der Waals surface area contributed by atoms with Crippen molar-refractivity contribution in [3.8, 4) is 0 Å². The lowest BCUT2D eigenvalue weighted by atomic mass is 9.93. The average molecular weight is 474 g/mol. The first-order valence-electron chi connectivity index (χ1n) is 9.60. The number of benzene rings is 1. The number of likely N-dealkylation sites (tertiary alicyclic amines) is 1. The zero-order valence-electron chi connectivity index (χ0n) is 16.2. The summed E-state index contributed by atoms with van der Waals surface area (Å²) in [4.78, 5) is 6.82. The number of hydrogen-bond acceptors (Lipinski definition) is 3. The van der Waals surface area contributed by atoms with E-state index in [0.29, 0.717) is 13.2 Å². The lowest BCUT2D eigenvalue weighted by molar-refractivity contribution is 0.125. The van der Waals surface area contributed by atoms with Crippen molar-refractivity contribution >= 4 is 29.9 Å². The first kappa shape index (κ1) is 23.2. The smallest absolute Gasteiger partial charge is 0.191 e. The number of guanidine groups is 1. The number of halogens is 1. The van der Waals surface area contributed by atoms with E-state index >= 15 is 0 Å². The lowest BCUT2D eigenvalue weighted by Crippen LogP contribution is -2.40. The van der Waals surface area contributed by atoms with Gasteiger partial charge in [0.15, 0.2) is 5.96 Å². The molecule has 2 N–H and O–H groups in total. The molecule has 0 saturated carbocycles. The van der Waals surface area contributed by atoms with Crippen molar-refractivity contribution in [3.63, 3.8) is 0 Å². The third-order valence-corrected chi connectivity index (χ3v) is 4.87. The molecular weight excluding hydrogens is 439 g/mol. The minimum atomic E-state index is 0. The molecule has 0 aromatic heterocycles. The Labute approximate surface area is 176 Å². The van der Waals surface area contributed by atoms with Gasteiger partial charge in [-0.25, -0.2) is 0 Å². The number of nitrogens with one attached hydrogen (secondary N) is 2. The number of nitrogens with zero attached hydrogens (tertiary/aromatic N) is 2. The number of rotatable bonds is 9. The van der Waals surface area contributed by atoms with E-state index in [0.717, 1.165) is 25.0 Å². The predicted octanol–water partition coefficient (Wildman–Crippen LogP) is 3.11. The largest absolute Gasteiger partial charge is 0.375 e. The zero-order chi connectivity index (χ0) is 17.7. The molecule has 1 aliphatic rings. The standard InChI is InChI=1S/C20H34N4O.HI/c1-3-24-14-10-18(11-15-24)9-12-22-20(21-2)23-13-16-25-17-19-7-5-4-6-8-19;/h4-8,18H,3,9-17H2,1-2H3,(H2,21,22,23);1H. The van der Waals surface area contributed by atoms with Gasteiger partial charge in [0.25, 0.3) is 0 Å². The molecule has 1 aromatic carbocycles. The van der Waals surface area contributed by atoms with E-state index in [9.17, 15) is 0 Å². The Morgan fingerprint density at radius 3 is 2.50 bits per heavy atom. The predicted molar refractivity (Wildman–Crippen MR) is 120 cm³/mol. The van der Waals surface area contributed by atoms with E-state index < -0.39 is 0 Å². The number of hydrogen-bond donors (Lipinski definition) is 2. The van der Waals surface area contributed by atoms with Gasteiger partial charge in [0.05, 0.1) is 13.2 Å². The molecule has 26 heavy (non-hydrogen) atoms. The summed E-state index contributed by atoms with van der Waals surface area (Å²) in [5, 5.41) is 6.74. The minimum absolute atomic E-state index is 0. The Kier molecular flexibility index (Phi) is 12.7. The molecule has 0 amide bonds. The van der Waals surface area contributed by atoms with Crippen LogP contribution in [-0.4, -0.2) is 57.2 Å². The molecule has 0 unspecified atom stereocenters. The van der Waals surface area contributed by atoms with Crippen LogP contribution in [0.4, 0.5) is 0 Å². The summed E-state index contributed by atoms with van der Waals surface area (Å²) in [7, 11) is 1.82. The maximum absolute atomic E-state index is 5.68. The van der Waals surface area contributed by atoms with Gasteiger partial charge in [0.1, 0.15) is 0 Å². The summed E-state index contributed by atoms with van der Waals surface area (Å²) in [5.74, 6) is 1.72. The first-order valence-corrected chi connectivity index (χ1v) is 9.60. The normalized spacial score (nSPS) is 16.2. The van der Waals surface area contributed by atoms with Crippen molar-refractivity contribution in [2.75, 3.05) is 46.4 Å². The van der Waals surface area contributed by atoms with Gasteiger partial charge in [0, 0.05) is 20.1 Å². The van der Waals surface area contributed by atoms with Crippen LogP contribution in [0.25, 0.3) is 0 Å². The van der Waals surface area contributed by atoms with E-state index in [1.165, 1.54) is 44.5 Å². The first-order chi connectivity index (χ1) is 12.3. The van der Waals surface area contributed by atoms with Gasteiger partial charge in [-0.1, -0.05) is 37.3 Å². The molecule has 0 spiro atoms. The Morgan fingerprint density at radius 2 is 1.85 bits per heavy atom. The summed E-state index contributed by atoms with van der Waals surface area (Å²) in [5.41, 5.74) is 1.21. The second-order valence-corrected chi connectivity index (χ2v) is 6.63. The van der Waals surface area contributed by atoms with Gasteiger partial charge in [-0.3, -0.25) is 4.99 Å². The fourth-order valence-electron chi connectivity index (χ4n) is 3.21. The highest BCUT2D eigenvalue weighted by Crippen LogP contribution is 2.19. The van der Waals surface area contributed by atoms with E-state index in [1.54, 1.807) is 0 Å². The highest BCUT2D eigenvalue weighted by molar-refractivity contribution is 14.0. The fraction of sp³-hybridized carbons (Fsp3) is 0.650. The summed E-state index contributed by atoms with van der Waals surface area (Å²) in [6.07, 6.45) is 3.88. The molecule has 0 aliphatic carbocycles. The maximum Gasteiger partial charge on any atom is 0.191 e. The molecule has 1 saturated heterocycles. The van der Waals surface area contributed by atoms with E-state index in [4.69, 9.17) is 4.74 Å². The molecule has 6 heteroatoms. The highest BCUT2D eigenvalue weighted by atomic mass is 127. The summed E-state index contributed by atoms with van der Waals surface area (Å²) >= 11 is 0. The minimum Gasteiger partial charge on any atom is -0.375 e. The molecule has 0 bridgehead atoms. The molecule has 1 aromatic rings. The van der Waals surface area contributed by atoms with Crippen molar-refractivity contribution in [2.45, 2.75) is 32.8 Å². The Bertz CT molecular complexity index is 490. The number of aliphatic imine (C=N–C) groups is 1. The van der Waals surface area contributed by atoms with Gasteiger partial charge in [-0.2, -0.15) is 0 Å². The molecular formula is C20H35IN4O. The Hall–Kier alpha value is -0.860. The topological polar surface area (TPSA) is 48.9 Å². The van der Waals surface area contributed by atoms with Crippen LogP contribution in [0.1, 0.15) is 31.7 Å². The van der Waals surface area contributed by atoms with Crippen LogP contribution in [-0.2, 0) is 11.3 Å². The van der Waals surface area contributed by atoms with Crippen molar-refractivity contribution < 1.29 is 4.74 Å². The third kappa shape index (κ3) is 9.19. The van der Waals surface area contributed by atoms with Gasteiger partial charge < -0.3 is 20.3 Å². The Morgan fingerprint density at radius 1 is 1.15 bits per heavy atom. The van der Waals surface area contributed by atoms with Crippen LogP contribution in [0.15, 0.2) is 35.3 Å². The van der Waals surface area contributed by atoms with Crippen LogP contribution in [0.5, 0.6) is 0 Å². The van der Waals surface area contributed by atoms with Crippen molar-refractivity contribution in [1.29, 1.82) is 0 Å². The summed E-state index contributed by atoms with van der Waals surface area (Å²) in [6, 6.07) is 10.3. The third-order valence-electron chi connectivity index (χ3n) is 4.87. The molecule has 1 fully saturated rings. The summed E-state index contributed by atoms with van der Waals surface area (Å²) < 4.78 is 5.68. The lowest BCUT2D eigenvalue weighted by Gasteiger charge is -2.31. The molecule has 0 radical (unpaired) electrons. The number of ether oxygens (including phenoxy) is 1. The summed E-state index contributed by atoms with van der Waals surface area (Å²) in [6.45, 7) is 9.04. The monoisotopic (exact) mass is 474 g/mol. The SMILES string of the molecule is CCN1CCC(CCNC(=NC)NCCOCc2ccccc2)CC1.I. The zero-order valence-corrected chi connectivity index (χ0v) is 18.6. The molecule has 1 aliphatic heterocycles. The highest BCUT2D eigenvalue weighted by Gasteiger charge is 2.17. The quantitative estimate of drug-likeness (QED) is 0.250. The second-order valence-electron chi connectivity index (χ2n) is 6.63. The molecule has 5 nitrogen and oxygen atoms in total. The van der Waals surface area contributed by atoms with E-state index in [-0.39, 0.29) is 24.0 Å². The number of piperidine rings is 1. The molecule has 148 valence electrons. The van der Waals surface area contributed by atoms with Crippen molar-refractivity contribution in [3.05, 3.63) is 35.9 Å².